The number of amides is 1. The SMILES string of the molecule is COCc1csc(NC(=O)C2CCCCN2Cc2ccccc2)n1. The molecule has 1 saturated heterocycles. The van der Waals surface area contributed by atoms with Crippen molar-refractivity contribution < 1.29 is 9.53 Å². The van der Waals surface area contributed by atoms with Crippen LogP contribution in [-0.4, -0.2) is 35.5 Å². The number of anilines is 1. The van der Waals surface area contributed by atoms with Crippen LogP contribution in [0.2, 0.25) is 0 Å². The smallest absolute Gasteiger partial charge is 0.243 e. The van der Waals surface area contributed by atoms with Gasteiger partial charge in [-0.3, -0.25) is 9.69 Å². The summed E-state index contributed by atoms with van der Waals surface area (Å²) in [5.74, 6) is 0.0453. The Kier molecular flexibility index (Phi) is 5.96. The van der Waals surface area contributed by atoms with Crippen molar-refractivity contribution in [3.8, 4) is 0 Å². The average molecular weight is 345 g/mol. The molecule has 1 fully saturated rings. The molecular weight excluding hydrogens is 322 g/mol. The molecule has 1 N–H and O–H groups in total. The third-order valence-electron chi connectivity index (χ3n) is 4.22. The van der Waals surface area contributed by atoms with Crippen molar-refractivity contribution in [1.29, 1.82) is 0 Å². The first-order valence-corrected chi connectivity index (χ1v) is 9.16. The van der Waals surface area contributed by atoms with E-state index in [-0.39, 0.29) is 11.9 Å². The van der Waals surface area contributed by atoms with Crippen LogP contribution in [0.15, 0.2) is 35.7 Å². The van der Waals surface area contributed by atoms with E-state index in [0.29, 0.717) is 11.7 Å². The van der Waals surface area contributed by atoms with E-state index in [1.807, 2.05) is 23.6 Å². The van der Waals surface area contributed by atoms with E-state index < -0.39 is 0 Å². The number of ether oxygens (including phenoxy) is 1. The zero-order valence-electron chi connectivity index (χ0n) is 13.9. The first-order chi connectivity index (χ1) is 11.8. The molecule has 0 radical (unpaired) electrons. The number of hydrogen-bond acceptors (Lipinski definition) is 5. The maximum atomic E-state index is 12.7. The number of nitrogens with one attached hydrogen (secondary N) is 1. The van der Waals surface area contributed by atoms with Crippen molar-refractivity contribution in [2.45, 2.75) is 38.5 Å². The highest BCUT2D eigenvalue weighted by atomic mass is 32.1. The van der Waals surface area contributed by atoms with Crippen LogP contribution in [0.3, 0.4) is 0 Å². The minimum absolute atomic E-state index is 0.0453. The molecule has 1 aliphatic heterocycles. The van der Waals surface area contributed by atoms with Gasteiger partial charge in [0.2, 0.25) is 5.91 Å². The van der Waals surface area contributed by atoms with E-state index >= 15 is 0 Å². The van der Waals surface area contributed by atoms with Gasteiger partial charge >= 0.3 is 0 Å². The molecule has 1 aromatic heterocycles. The summed E-state index contributed by atoms with van der Waals surface area (Å²) in [5.41, 5.74) is 2.09. The van der Waals surface area contributed by atoms with E-state index in [9.17, 15) is 4.79 Å². The van der Waals surface area contributed by atoms with Crippen LogP contribution in [0.5, 0.6) is 0 Å². The number of methoxy groups -OCH3 is 1. The molecule has 1 atom stereocenters. The number of carbonyl (C=O) groups is 1. The first-order valence-electron chi connectivity index (χ1n) is 8.28. The Labute approximate surface area is 146 Å². The summed E-state index contributed by atoms with van der Waals surface area (Å²) in [6, 6.07) is 10.2. The Bertz CT molecular complexity index is 659. The van der Waals surface area contributed by atoms with Gasteiger partial charge in [-0.1, -0.05) is 36.8 Å². The molecule has 2 aromatic rings. The van der Waals surface area contributed by atoms with Crippen molar-refractivity contribution in [3.63, 3.8) is 0 Å². The summed E-state index contributed by atoms with van der Waals surface area (Å²) < 4.78 is 5.07. The quantitative estimate of drug-likeness (QED) is 0.873. The normalized spacial score (nSPS) is 18.5. The number of carbonyl (C=O) groups excluding carboxylic acids is 1. The van der Waals surface area contributed by atoms with Gasteiger partial charge in [-0.2, -0.15) is 0 Å². The van der Waals surface area contributed by atoms with Crippen LogP contribution in [0.1, 0.15) is 30.5 Å². The van der Waals surface area contributed by atoms with Gasteiger partial charge in [0, 0.05) is 19.0 Å². The largest absolute Gasteiger partial charge is 0.378 e. The summed E-state index contributed by atoms with van der Waals surface area (Å²) in [6.07, 6.45) is 3.14. The highest BCUT2D eigenvalue weighted by Gasteiger charge is 2.29. The zero-order valence-corrected chi connectivity index (χ0v) is 14.7. The molecule has 0 bridgehead atoms. The third kappa shape index (κ3) is 4.41. The first kappa shape index (κ1) is 17.1. The fourth-order valence-electron chi connectivity index (χ4n) is 3.06. The maximum absolute atomic E-state index is 12.7. The van der Waals surface area contributed by atoms with Gasteiger partial charge in [0.25, 0.3) is 0 Å². The van der Waals surface area contributed by atoms with Crippen LogP contribution in [0.25, 0.3) is 0 Å². The van der Waals surface area contributed by atoms with Crippen molar-refractivity contribution in [1.82, 2.24) is 9.88 Å². The van der Waals surface area contributed by atoms with Crippen molar-refractivity contribution in [2.24, 2.45) is 0 Å². The van der Waals surface area contributed by atoms with E-state index in [1.54, 1.807) is 7.11 Å². The van der Waals surface area contributed by atoms with E-state index in [1.165, 1.54) is 16.9 Å². The minimum atomic E-state index is -0.0891. The molecular formula is C18H23N3O2S. The van der Waals surface area contributed by atoms with Gasteiger partial charge in [-0.25, -0.2) is 4.98 Å². The molecule has 3 rings (SSSR count). The lowest BCUT2D eigenvalue weighted by atomic mass is 10.0. The molecule has 24 heavy (non-hydrogen) atoms. The predicted molar refractivity (Wildman–Crippen MR) is 95.9 cm³/mol. The molecule has 1 aromatic carbocycles. The average Bonchev–Trinajstić information content (AvgIpc) is 3.03. The molecule has 0 aliphatic carbocycles. The number of hydrogen-bond donors (Lipinski definition) is 1. The van der Waals surface area contributed by atoms with E-state index in [2.05, 4.69) is 27.3 Å². The fourth-order valence-corrected chi connectivity index (χ4v) is 3.76. The molecule has 2 heterocycles. The highest BCUT2D eigenvalue weighted by Crippen LogP contribution is 2.22. The summed E-state index contributed by atoms with van der Waals surface area (Å²) in [6.45, 7) is 2.24. The number of nitrogens with zero attached hydrogens (tertiary/aromatic N) is 2. The highest BCUT2D eigenvalue weighted by molar-refractivity contribution is 7.13. The van der Waals surface area contributed by atoms with Gasteiger partial charge in [-0.15, -0.1) is 11.3 Å². The van der Waals surface area contributed by atoms with Gasteiger partial charge in [0.15, 0.2) is 5.13 Å². The van der Waals surface area contributed by atoms with Crippen LogP contribution < -0.4 is 5.32 Å². The standard InChI is InChI=1S/C18H23N3O2S/c1-23-12-15-13-24-18(19-15)20-17(22)16-9-5-6-10-21(16)11-14-7-3-2-4-8-14/h2-4,7-8,13,16H,5-6,9-12H2,1H3,(H,19,20,22). The van der Waals surface area contributed by atoms with Crippen molar-refractivity contribution >= 4 is 22.4 Å². The van der Waals surface area contributed by atoms with Crippen LogP contribution in [0.4, 0.5) is 5.13 Å². The fraction of sp³-hybridized carbons (Fsp3) is 0.444. The number of benzene rings is 1. The summed E-state index contributed by atoms with van der Waals surface area (Å²) >= 11 is 1.45. The Morgan fingerprint density at radius 3 is 3.00 bits per heavy atom. The molecule has 1 unspecified atom stereocenters. The van der Waals surface area contributed by atoms with Crippen LogP contribution in [-0.2, 0) is 22.7 Å². The molecule has 1 amide bonds. The minimum Gasteiger partial charge on any atom is -0.378 e. The predicted octanol–water partition coefficient (Wildman–Crippen LogP) is 3.28. The molecule has 1 aliphatic rings. The molecule has 6 heteroatoms. The van der Waals surface area contributed by atoms with Crippen molar-refractivity contribution in [3.05, 3.63) is 47.0 Å². The number of thiazole rings is 1. The summed E-state index contributed by atoms with van der Waals surface area (Å²) in [7, 11) is 1.64. The molecule has 5 nitrogen and oxygen atoms in total. The lowest BCUT2D eigenvalue weighted by Crippen LogP contribution is -2.46. The zero-order chi connectivity index (χ0) is 16.8. The maximum Gasteiger partial charge on any atom is 0.243 e. The Balaban J connectivity index is 1.64. The Hall–Kier alpha value is -1.76. The van der Waals surface area contributed by atoms with Crippen LogP contribution >= 0.6 is 11.3 Å². The van der Waals surface area contributed by atoms with E-state index in [4.69, 9.17) is 4.74 Å². The van der Waals surface area contributed by atoms with Gasteiger partial charge < -0.3 is 10.1 Å². The third-order valence-corrected chi connectivity index (χ3v) is 5.03. The topological polar surface area (TPSA) is 54.5 Å². The van der Waals surface area contributed by atoms with Gasteiger partial charge in [0.05, 0.1) is 18.3 Å². The summed E-state index contributed by atoms with van der Waals surface area (Å²) in [5, 5.41) is 5.55. The van der Waals surface area contributed by atoms with Gasteiger partial charge in [0.1, 0.15) is 0 Å². The second-order valence-corrected chi connectivity index (χ2v) is 6.89. The number of aromatic nitrogens is 1. The Morgan fingerprint density at radius 2 is 2.21 bits per heavy atom. The van der Waals surface area contributed by atoms with Crippen LogP contribution in [0, 0.1) is 0 Å². The monoisotopic (exact) mass is 345 g/mol. The molecule has 128 valence electrons. The summed E-state index contributed by atoms with van der Waals surface area (Å²) in [4.78, 5) is 19.4. The van der Waals surface area contributed by atoms with Gasteiger partial charge in [-0.05, 0) is 24.9 Å². The van der Waals surface area contributed by atoms with E-state index in [0.717, 1.165) is 38.0 Å². The number of piperidine rings is 1. The Morgan fingerprint density at radius 1 is 1.38 bits per heavy atom. The second kappa shape index (κ2) is 8.37. The van der Waals surface area contributed by atoms with Crippen molar-refractivity contribution in [2.75, 3.05) is 19.0 Å². The number of rotatable bonds is 6. The molecule has 0 spiro atoms. The lowest BCUT2D eigenvalue weighted by molar-refractivity contribution is -0.122. The lowest BCUT2D eigenvalue weighted by Gasteiger charge is -2.34. The second-order valence-electron chi connectivity index (χ2n) is 6.03. The number of likely N-dealkylation sites (tertiary alicyclic amines) is 1. The molecule has 0 saturated carbocycles.